The van der Waals surface area contributed by atoms with E-state index in [1.165, 1.54) is 7.11 Å². The van der Waals surface area contributed by atoms with Crippen molar-refractivity contribution in [1.82, 2.24) is 9.38 Å². The fourth-order valence-corrected chi connectivity index (χ4v) is 4.86. The molecule has 2 heterocycles. The van der Waals surface area contributed by atoms with Crippen molar-refractivity contribution >= 4 is 17.4 Å². The third kappa shape index (κ3) is 6.53. The van der Waals surface area contributed by atoms with E-state index in [0.717, 1.165) is 47.7 Å². The molecule has 0 saturated heterocycles. The Balaban J connectivity index is 1.67. The third-order valence-corrected chi connectivity index (χ3v) is 6.05. The number of hydrogen-bond donors (Lipinski definition) is 1. The van der Waals surface area contributed by atoms with E-state index in [4.69, 9.17) is 14.5 Å². The van der Waals surface area contributed by atoms with Crippen LogP contribution in [0.3, 0.4) is 0 Å². The van der Waals surface area contributed by atoms with Crippen molar-refractivity contribution in [3.63, 3.8) is 0 Å². The van der Waals surface area contributed by atoms with Crippen molar-refractivity contribution in [2.75, 3.05) is 12.4 Å². The Hall–Kier alpha value is -4.01. The Morgan fingerprint density at radius 1 is 0.949 bits per heavy atom. The van der Waals surface area contributed by atoms with Gasteiger partial charge in [0.05, 0.1) is 18.2 Å². The number of anilines is 1. The zero-order valence-electron chi connectivity index (χ0n) is 22.8. The lowest BCUT2D eigenvalue weighted by molar-refractivity contribution is -0.137. The first-order valence-electron chi connectivity index (χ1n) is 12.5. The van der Waals surface area contributed by atoms with Gasteiger partial charge in [0.2, 0.25) is 0 Å². The smallest absolute Gasteiger partial charge is 0.416 e. The average Bonchev–Trinajstić information content (AvgIpc) is 3.20. The predicted octanol–water partition coefficient (Wildman–Crippen LogP) is 7.87. The number of pyridine rings is 1. The van der Waals surface area contributed by atoms with Crippen LogP contribution in [0.4, 0.5) is 19.0 Å². The van der Waals surface area contributed by atoms with Crippen LogP contribution < -0.4 is 14.8 Å². The normalized spacial score (nSPS) is 12.4. The van der Waals surface area contributed by atoms with Crippen LogP contribution in [-0.2, 0) is 6.18 Å². The fourth-order valence-electron chi connectivity index (χ4n) is 4.86. The van der Waals surface area contributed by atoms with Gasteiger partial charge in [0.15, 0.2) is 11.5 Å². The molecule has 0 radical (unpaired) electrons. The van der Waals surface area contributed by atoms with Crippen molar-refractivity contribution in [3.05, 3.63) is 78.0 Å². The number of alkyl halides is 3. The van der Waals surface area contributed by atoms with Crippen molar-refractivity contribution in [2.45, 2.75) is 52.8 Å². The highest BCUT2D eigenvalue weighted by Gasteiger charge is 2.31. The van der Waals surface area contributed by atoms with E-state index in [2.05, 4.69) is 39.9 Å². The lowest BCUT2D eigenvalue weighted by Gasteiger charge is -2.34. The maximum absolute atomic E-state index is 12.9. The first-order chi connectivity index (χ1) is 18.2. The van der Waals surface area contributed by atoms with Crippen LogP contribution in [0.5, 0.6) is 11.5 Å². The van der Waals surface area contributed by atoms with E-state index in [9.17, 15) is 18.0 Å². The molecule has 0 atom stereocenters. The van der Waals surface area contributed by atoms with Gasteiger partial charge in [-0.25, -0.2) is 9.78 Å². The van der Waals surface area contributed by atoms with Gasteiger partial charge in [-0.1, -0.05) is 26.8 Å². The van der Waals surface area contributed by atoms with Gasteiger partial charge in [0.25, 0.3) is 0 Å². The standard InChI is InChI=1S/C30H32F3N3O3/c1-28(2,3)18-29(4,5)35-26-25(34-24-9-7-8-16-36(24)26)20-12-15-22(23(17-20)38-6)39-27(37)19-10-13-21(14-11-19)30(31,32)33/h7-17,35H,18H2,1-6H3. The number of esters is 1. The second kappa shape index (κ2) is 10.3. The number of carbonyl (C=O) groups is 1. The summed E-state index contributed by atoms with van der Waals surface area (Å²) in [5, 5.41) is 3.68. The first kappa shape index (κ1) is 28.0. The van der Waals surface area contributed by atoms with E-state index in [0.29, 0.717) is 5.69 Å². The van der Waals surface area contributed by atoms with Crippen molar-refractivity contribution in [3.8, 4) is 22.8 Å². The number of hydrogen-bond acceptors (Lipinski definition) is 5. The number of carbonyl (C=O) groups excluding carboxylic acids is 1. The van der Waals surface area contributed by atoms with Crippen LogP contribution in [0.15, 0.2) is 66.9 Å². The molecule has 0 unspecified atom stereocenters. The average molecular weight is 540 g/mol. The van der Waals surface area contributed by atoms with E-state index in [1.54, 1.807) is 18.2 Å². The number of methoxy groups -OCH3 is 1. The molecule has 0 bridgehead atoms. The molecule has 0 spiro atoms. The summed E-state index contributed by atoms with van der Waals surface area (Å²) < 4.78 is 51.6. The molecule has 0 saturated carbocycles. The summed E-state index contributed by atoms with van der Waals surface area (Å²) in [7, 11) is 1.45. The van der Waals surface area contributed by atoms with Crippen molar-refractivity contribution < 1.29 is 27.4 Å². The monoisotopic (exact) mass is 539 g/mol. The number of nitrogens with zero attached hydrogens (tertiary/aromatic N) is 2. The number of aromatic nitrogens is 2. The summed E-state index contributed by atoms with van der Waals surface area (Å²) in [5.41, 5.74) is 1.18. The number of imidazole rings is 1. The molecular weight excluding hydrogens is 507 g/mol. The minimum atomic E-state index is -4.49. The second-order valence-electron chi connectivity index (χ2n) is 11.3. The van der Waals surface area contributed by atoms with Crippen LogP contribution in [-0.4, -0.2) is 28.0 Å². The van der Waals surface area contributed by atoms with Crippen LogP contribution in [0, 0.1) is 5.41 Å². The Morgan fingerprint density at radius 3 is 2.26 bits per heavy atom. The molecule has 206 valence electrons. The zero-order chi connectivity index (χ0) is 28.6. The van der Waals surface area contributed by atoms with Crippen LogP contribution in [0.1, 0.15) is 57.0 Å². The molecule has 2 aromatic heterocycles. The van der Waals surface area contributed by atoms with Crippen LogP contribution >= 0.6 is 0 Å². The maximum Gasteiger partial charge on any atom is 0.416 e. The maximum atomic E-state index is 12.9. The van der Waals surface area contributed by atoms with Gasteiger partial charge in [-0.3, -0.25) is 4.40 Å². The highest BCUT2D eigenvalue weighted by Crippen LogP contribution is 2.38. The topological polar surface area (TPSA) is 64.9 Å². The molecule has 6 nitrogen and oxygen atoms in total. The largest absolute Gasteiger partial charge is 0.493 e. The number of ether oxygens (including phenoxy) is 2. The highest BCUT2D eigenvalue weighted by atomic mass is 19.4. The van der Waals surface area contributed by atoms with Gasteiger partial charge in [0, 0.05) is 17.3 Å². The Labute approximate surface area is 225 Å². The number of benzene rings is 2. The SMILES string of the molecule is COc1cc(-c2nc3ccccn3c2NC(C)(C)CC(C)(C)C)ccc1OC(=O)c1ccc(C(F)(F)F)cc1. The zero-order valence-corrected chi connectivity index (χ0v) is 22.8. The summed E-state index contributed by atoms with van der Waals surface area (Å²) in [6.07, 6.45) is -1.64. The highest BCUT2D eigenvalue weighted by molar-refractivity contribution is 5.91. The van der Waals surface area contributed by atoms with Gasteiger partial charge < -0.3 is 14.8 Å². The number of rotatable bonds is 7. The molecule has 4 aromatic rings. The summed E-state index contributed by atoms with van der Waals surface area (Å²) in [5.74, 6) is 0.437. The fraction of sp³-hybridized carbons (Fsp3) is 0.333. The van der Waals surface area contributed by atoms with Crippen molar-refractivity contribution in [2.24, 2.45) is 5.41 Å². The van der Waals surface area contributed by atoms with Gasteiger partial charge >= 0.3 is 12.1 Å². The lowest BCUT2D eigenvalue weighted by atomic mass is 9.82. The van der Waals surface area contributed by atoms with E-state index >= 15 is 0 Å². The first-order valence-corrected chi connectivity index (χ1v) is 12.5. The summed E-state index contributed by atoms with van der Waals surface area (Å²) in [6, 6.07) is 14.7. The Morgan fingerprint density at radius 2 is 1.64 bits per heavy atom. The third-order valence-electron chi connectivity index (χ3n) is 6.05. The molecule has 39 heavy (non-hydrogen) atoms. The summed E-state index contributed by atoms with van der Waals surface area (Å²) in [4.78, 5) is 17.5. The van der Waals surface area contributed by atoms with Gasteiger partial charge in [0.1, 0.15) is 17.2 Å². The molecular formula is C30H32F3N3O3. The van der Waals surface area contributed by atoms with E-state index in [-0.39, 0.29) is 28.0 Å². The van der Waals surface area contributed by atoms with Crippen LogP contribution in [0.25, 0.3) is 16.9 Å². The van der Waals surface area contributed by atoms with Crippen LogP contribution in [0.2, 0.25) is 0 Å². The van der Waals surface area contributed by atoms with Gasteiger partial charge in [-0.05, 0) is 80.3 Å². The Kier molecular flexibility index (Phi) is 7.38. The molecule has 9 heteroatoms. The van der Waals surface area contributed by atoms with E-state index < -0.39 is 17.7 Å². The molecule has 2 aromatic carbocycles. The lowest BCUT2D eigenvalue weighted by Crippen LogP contribution is -2.36. The number of nitrogens with one attached hydrogen (secondary N) is 1. The van der Waals surface area contributed by atoms with E-state index in [1.807, 2.05) is 28.8 Å². The molecule has 0 amide bonds. The summed E-state index contributed by atoms with van der Waals surface area (Å²) >= 11 is 0. The molecule has 0 fully saturated rings. The van der Waals surface area contributed by atoms with Gasteiger partial charge in [-0.2, -0.15) is 13.2 Å². The molecule has 4 rings (SSSR count). The summed E-state index contributed by atoms with van der Waals surface area (Å²) in [6.45, 7) is 10.9. The minimum absolute atomic E-state index is 0.0120. The number of halogens is 3. The molecule has 0 aliphatic carbocycles. The number of fused-ring (bicyclic) bond motifs is 1. The predicted molar refractivity (Wildman–Crippen MR) is 145 cm³/mol. The second-order valence-corrected chi connectivity index (χ2v) is 11.3. The Bertz CT molecular complexity index is 1480. The molecule has 0 aliphatic heterocycles. The van der Waals surface area contributed by atoms with Crippen molar-refractivity contribution in [1.29, 1.82) is 0 Å². The quantitative estimate of drug-likeness (QED) is 0.191. The van der Waals surface area contributed by atoms with Gasteiger partial charge in [-0.15, -0.1) is 0 Å². The molecule has 1 N–H and O–H groups in total. The molecule has 0 aliphatic rings. The minimum Gasteiger partial charge on any atom is -0.493 e.